The van der Waals surface area contributed by atoms with Crippen molar-refractivity contribution >= 4 is 17.5 Å². The third-order valence-corrected chi connectivity index (χ3v) is 2.22. The normalized spacial score (nSPS) is 10.5. The van der Waals surface area contributed by atoms with E-state index in [1.54, 1.807) is 0 Å². The zero-order valence-electron chi connectivity index (χ0n) is 9.39. The molecule has 1 N–H and O–H groups in total. The summed E-state index contributed by atoms with van der Waals surface area (Å²) in [6, 6.07) is 1.94. The molecular weight excluding hydrogens is 212 g/mol. The molecule has 1 rings (SSSR count). The largest absolute Gasteiger partial charge is 0.350 e. The summed E-state index contributed by atoms with van der Waals surface area (Å²) in [4.78, 5) is 15.8. The van der Waals surface area contributed by atoms with E-state index in [2.05, 4.69) is 10.3 Å². The Labute approximate surface area is 94.9 Å². The summed E-state index contributed by atoms with van der Waals surface area (Å²) in [5, 5.41) is 3.07. The predicted molar refractivity (Wildman–Crippen MR) is 61.3 cm³/mol. The molecule has 0 unspecified atom stereocenters. The summed E-state index contributed by atoms with van der Waals surface area (Å²) in [7, 11) is 0. The molecule has 1 amide bonds. The summed E-state index contributed by atoms with van der Waals surface area (Å²) in [5.41, 5.74) is 2.14. The highest BCUT2D eigenvalue weighted by atomic mass is 35.5. The Morgan fingerprint density at radius 1 is 1.47 bits per heavy atom. The van der Waals surface area contributed by atoms with Gasteiger partial charge in [0.05, 0.1) is 5.56 Å². The molecule has 82 valence electrons. The number of halogens is 1. The number of pyridine rings is 1. The molecule has 0 saturated heterocycles. The summed E-state index contributed by atoms with van der Waals surface area (Å²) in [5.74, 6) is -0.167. The van der Waals surface area contributed by atoms with Gasteiger partial charge in [0, 0.05) is 11.7 Å². The molecular formula is C11H15ClN2O. The van der Waals surface area contributed by atoms with E-state index in [0.717, 1.165) is 11.3 Å². The van der Waals surface area contributed by atoms with E-state index in [1.807, 2.05) is 33.8 Å². The molecule has 3 nitrogen and oxygen atoms in total. The number of carbonyl (C=O) groups excluding carboxylic acids is 1. The molecule has 0 spiro atoms. The van der Waals surface area contributed by atoms with Gasteiger partial charge in [-0.05, 0) is 39.3 Å². The molecule has 1 aromatic rings. The molecule has 4 heteroatoms. The molecule has 0 aliphatic rings. The lowest BCUT2D eigenvalue weighted by Crippen LogP contribution is -2.31. The Bertz CT molecular complexity index is 365. The average molecular weight is 227 g/mol. The van der Waals surface area contributed by atoms with Crippen molar-refractivity contribution in [3.8, 4) is 0 Å². The SMILES string of the molecule is Cc1cc(C)c(C(=O)NC(C)C)c(Cl)n1. The Morgan fingerprint density at radius 3 is 2.53 bits per heavy atom. The van der Waals surface area contributed by atoms with E-state index in [9.17, 15) is 4.79 Å². The smallest absolute Gasteiger partial charge is 0.254 e. The molecule has 0 aliphatic carbocycles. The van der Waals surface area contributed by atoms with Gasteiger partial charge in [0.1, 0.15) is 5.15 Å². The second kappa shape index (κ2) is 4.62. The number of nitrogens with zero attached hydrogens (tertiary/aromatic N) is 1. The first-order valence-corrected chi connectivity index (χ1v) is 5.24. The van der Waals surface area contributed by atoms with Crippen LogP contribution in [-0.4, -0.2) is 16.9 Å². The number of aromatic nitrogens is 1. The number of amides is 1. The first-order chi connectivity index (χ1) is 6.91. The monoisotopic (exact) mass is 226 g/mol. The predicted octanol–water partition coefficient (Wildman–Crippen LogP) is 2.49. The number of carbonyl (C=O) groups is 1. The van der Waals surface area contributed by atoms with Crippen molar-refractivity contribution in [3.05, 3.63) is 28.0 Å². The van der Waals surface area contributed by atoms with E-state index in [-0.39, 0.29) is 17.1 Å². The lowest BCUT2D eigenvalue weighted by atomic mass is 10.1. The lowest BCUT2D eigenvalue weighted by molar-refractivity contribution is 0.0942. The summed E-state index contributed by atoms with van der Waals surface area (Å²) < 4.78 is 0. The number of aryl methyl sites for hydroxylation is 2. The maximum absolute atomic E-state index is 11.8. The van der Waals surface area contributed by atoms with Crippen LogP contribution in [0.25, 0.3) is 0 Å². The minimum absolute atomic E-state index is 0.0919. The second-order valence-electron chi connectivity index (χ2n) is 3.87. The van der Waals surface area contributed by atoms with Gasteiger partial charge in [-0.1, -0.05) is 11.6 Å². The molecule has 0 bridgehead atoms. The summed E-state index contributed by atoms with van der Waals surface area (Å²) >= 11 is 5.94. The van der Waals surface area contributed by atoms with E-state index >= 15 is 0 Å². The highest BCUT2D eigenvalue weighted by Gasteiger charge is 2.15. The molecule has 0 atom stereocenters. The van der Waals surface area contributed by atoms with Crippen molar-refractivity contribution in [2.45, 2.75) is 33.7 Å². The highest BCUT2D eigenvalue weighted by molar-refractivity contribution is 6.32. The Kier molecular flexibility index (Phi) is 3.69. The Morgan fingerprint density at radius 2 is 2.07 bits per heavy atom. The van der Waals surface area contributed by atoms with Gasteiger partial charge in [0.2, 0.25) is 0 Å². The van der Waals surface area contributed by atoms with E-state index in [0.29, 0.717) is 5.56 Å². The summed E-state index contributed by atoms with van der Waals surface area (Å²) in [6.07, 6.45) is 0. The van der Waals surface area contributed by atoms with Gasteiger partial charge < -0.3 is 5.32 Å². The van der Waals surface area contributed by atoms with E-state index in [1.165, 1.54) is 0 Å². The van der Waals surface area contributed by atoms with Crippen LogP contribution in [0.15, 0.2) is 6.07 Å². The second-order valence-corrected chi connectivity index (χ2v) is 4.23. The fourth-order valence-corrected chi connectivity index (χ4v) is 1.77. The third kappa shape index (κ3) is 2.93. The van der Waals surface area contributed by atoms with Crippen molar-refractivity contribution in [2.75, 3.05) is 0 Å². The highest BCUT2D eigenvalue weighted by Crippen LogP contribution is 2.18. The van der Waals surface area contributed by atoms with Crippen LogP contribution in [0.3, 0.4) is 0 Å². The zero-order chi connectivity index (χ0) is 11.6. The molecule has 0 fully saturated rings. The fraction of sp³-hybridized carbons (Fsp3) is 0.455. The standard InChI is InChI=1S/C11H15ClN2O/c1-6(2)13-11(15)9-7(3)5-8(4)14-10(9)12/h5-6H,1-4H3,(H,13,15). The van der Waals surface area contributed by atoms with Crippen LogP contribution < -0.4 is 5.32 Å². The first-order valence-electron chi connectivity index (χ1n) is 4.86. The van der Waals surface area contributed by atoms with Gasteiger partial charge >= 0.3 is 0 Å². The van der Waals surface area contributed by atoms with Crippen molar-refractivity contribution in [3.63, 3.8) is 0 Å². The molecule has 15 heavy (non-hydrogen) atoms. The first kappa shape index (κ1) is 12.0. The van der Waals surface area contributed by atoms with E-state index in [4.69, 9.17) is 11.6 Å². The van der Waals surface area contributed by atoms with Crippen molar-refractivity contribution in [1.29, 1.82) is 0 Å². The molecule has 1 heterocycles. The van der Waals surface area contributed by atoms with Gasteiger partial charge in [-0.25, -0.2) is 4.98 Å². The Hall–Kier alpha value is -1.09. The average Bonchev–Trinajstić information content (AvgIpc) is 1.99. The van der Waals surface area contributed by atoms with Gasteiger partial charge in [-0.2, -0.15) is 0 Å². The van der Waals surface area contributed by atoms with Crippen molar-refractivity contribution in [2.24, 2.45) is 0 Å². The quantitative estimate of drug-likeness (QED) is 0.788. The van der Waals surface area contributed by atoms with Crippen LogP contribution in [0.5, 0.6) is 0 Å². The van der Waals surface area contributed by atoms with Gasteiger partial charge in [-0.3, -0.25) is 4.79 Å². The fourth-order valence-electron chi connectivity index (χ4n) is 1.40. The zero-order valence-corrected chi connectivity index (χ0v) is 10.1. The Balaban J connectivity index is 3.09. The molecule has 1 aromatic heterocycles. The van der Waals surface area contributed by atoms with Gasteiger partial charge in [0.15, 0.2) is 0 Å². The summed E-state index contributed by atoms with van der Waals surface area (Å²) in [6.45, 7) is 7.52. The van der Waals surface area contributed by atoms with Crippen molar-refractivity contribution < 1.29 is 4.79 Å². The van der Waals surface area contributed by atoms with Crippen LogP contribution in [0.4, 0.5) is 0 Å². The van der Waals surface area contributed by atoms with Crippen LogP contribution in [0.1, 0.15) is 35.5 Å². The number of hydrogen-bond acceptors (Lipinski definition) is 2. The molecule has 0 saturated carbocycles. The number of nitrogens with one attached hydrogen (secondary N) is 1. The maximum Gasteiger partial charge on any atom is 0.254 e. The molecule has 0 radical (unpaired) electrons. The molecule has 0 aromatic carbocycles. The molecule has 0 aliphatic heterocycles. The number of hydrogen-bond donors (Lipinski definition) is 1. The van der Waals surface area contributed by atoms with Gasteiger partial charge in [-0.15, -0.1) is 0 Å². The van der Waals surface area contributed by atoms with Crippen LogP contribution in [0.2, 0.25) is 5.15 Å². The van der Waals surface area contributed by atoms with Crippen LogP contribution >= 0.6 is 11.6 Å². The minimum Gasteiger partial charge on any atom is -0.350 e. The van der Waals surface area contributed by atoms with Crippen LogP contribution in [0, 0.1) is 13.8 Å². The number of rotatable bonds is 2. The minimum atomic E-state index is -0.167. The third-order valence-electron chi connectivity index (χ3n) is 1.95. The topological polar surface area (TPSA) is 42.0 Å². The van der Waals surface area contributed by atoms with Crippen LogP contribution in [-0.2, 0) is 0 Å². The maximum atomic E-state index is 11.8. The lowest BCUT2D eigenvalue weighted by Gasteiger charge is -2.11. The van der Waals surface area contributed by atoms with Gasteiger partial charge in [0.25, 0.3) is 5.91 Å². The van der Waals surface area contributed by atoms with E-state index < -0.39 is 0 Å². The van der Waals surface area contributed by atoms with Crippen molar-refractivity contribution in [1.82, 2.24) is 10.3 Å².